The fraction of sp³-hybridized carbons (Fsp3) is 0.353. The van der Waals surface area contributed by atoms with E-state index in [2.05, 4.69) is 4.72 Å². The van der Waals surface area contributed by atoms with Gasteiger partial charge in [0.15, 0.2) is 0 Å². The van der Waals surface area contributed by atoms with E-state index in [4.69, 9.17) is 0 Å². The highest BCUT2D eigenvalue weighted by Crippen LogP contribution is 2.25. The number of carbonyl (C=O) groups is 1. The lowest BCUT2D eigenvalue weighted by molar-refractivity contribution is -0.131. The zero-order valence-electron chi connectivity index (χ0n) is 13.3. The van der Waals surface area contributed by atoms with E-state index in [-0.39, 0.29) is 16.5 Å². The lowest BCUT2D eigenvalue weighted by Gasteiger charge is -2.26. The molecule has 7 heteroatoms. The number of sulfonamides is 1. The number of benzene rings is 1. The lowest BCUT2D eigenvalue weighted by atomic mass is 10.1. The molecule has 1 aromatic carbocycles. The predicted molar refractivity (Wildman–Crippen MR) is 95.7 cm³/mol. The fourth-order valence-corrected chi connectivity index (χ4v) is 5.12. The number of para-hydroxylation sites is 1. The molecule has 0 spiro atoms. The van der Waals surface area contributed by atoms with Crippen molar-refractivity contribution in [2.45, 2.75) is 29.9 Å². The molecule has 3 rings (SSSR count). The summed E-state index contributed by atoms with van der Waals surface area (Å²) in [6, 6.07) is 12.1. The molecule has 1 aliphatic rings. The molecule has 2 aromatic rings. The van der Waals surface area contributed by atoms with Crippen molar-refractivity contribution in [2.24, 2.45) is 0 Å². The first-order valence-electron chi connectivity index (χ1n) is 7.99. The molecular formula is C17H20N2O3S2. The molecule has 1 aromatic heterocycles. The average molecular weight is 364 g/mol. The molecule has 0 radical (unpaired) electrons. The molecule has 128 valence electrons. The van der Waals surface area contributed by atoms with Gasteiger partial charge in [-0.2, -0.15) is 0 Å². The summed E-state index contributed by atoms with van der Waals surface area (Å²) in [7, 11) is -3.61. The Kier molecular flexibility index (Phi) is 5.20. The summed E-state index contributed by atoms with van der Waals surface area (Å²) < 4.78 is 27.6. The minimum atomic E-state index is -3.61. The summed E-state index contributed by atoms with van der Waals surface area (Å²) >= 11 is 1.15. The van der Waals surface area contributed by atoms with Crippen molar-refractivity contribution in [2.75, 3.05) is 17.8 Å². The van der Waals surface area contributed by atoms with Crippen LogP contribution in [0.25, 0.3) is 0 Å². The van der Waals surface area contributed by atoms with Gasteiger partial charge in [-0.3, -0.25) is 9.52 Å². The fourth-order valence-electron chi connectivity index (χ4n) is 2.71. The molecule has 0 aliphatic carbocycles. The van der Waals surface area contributed by atoms with Crippen molar-refractivity contribution in [1.29, 1.82) is 0 Å². The van der Waals surface area contributed by atoms with Gasteiger partial charge in [-0.05, 0) is 43.5 Å². The van der Waals surface area contributed by atoms with Gasteiger partial charge in [-0.15, -0.1) is 11.3 Å². The van der Waals surface area contributed by atoms with Crippen molar-refractivity contribution < 1.29 is 13.2 Å². The first-order chi connectivity index (χ1) is 11.5. The van der Waals surface area contributed by atoms with Crippen molar-refractivity contribution in [3.05, 3.63) is 47.3 Å². The van der Waals surface area contributed by atoms with Crippen LogP contribution < -0.4 is 4.72 Å². The quantitative estimate of drug-likeness (QED) is 0.886. The minimum absolute atomic E-state index is 0.0801. The molecule has 0 atom stereocenters. The highest BCUT2D eigenvalue weighted by molar-refractivity contribution is 7.94. The summed E-state index contributed by atoms with van der Waals surface area (Å²) in [5, 5.41) is 0. The first kappa shape index (κ1) is 17.0. The van der Waals surface area contributed by atoms with Gasteiger partial charge in [-0.1, -0.05) is 18.2 Å². The Morgan fingerprint density at radius 1 is 1.04 bits per heavy atom. The Morgan fingerprint density at radius 3 is 2.46 bits per heavy atom. The number of nitrogens with one attached hydrogen (secondary N) is 1. The van der Waals surface area contributed by atoms with Crippen LogP contribution in [0.3, 0.4) is 0 Å². The number of amides is 1. The molecule has 0 bridgehead atoms. The molecule has 1 aliphatic heterocycles. The lowest BCUT2D eigenvalue weighted by Crippen LogP contribution is -2.36. The largest absolute Gasteiger partial charge is 0.342 e. The van der Waals surface area contributed by atoms with Gasteiger partial charge in [0.2, 0.25) is 5.91 Å². The van der Waals surface area contributed by atoms with Crippen LogP contribution in [-0.2, 0) is 21.2 Å². The van der Waals surface area contributed by atoms with Crippen LogP contribution in [0.15, 0.2) is 46.7 Å². The van der Waals surface area contributed by atoms with E-state index in [9.17, 15) is 13.2 Å². The van der Waals surface area contributed by atoms with E-state index in [1.807, 2.05) is 11.0 Å². The smallest absolute Gasteiger partial charge is 0.271 e. The average Bonchev–Trinajstić information content (AvgIpc) is 3.06. The summed E-state index contributed by atoms with van der Waals surface area (Å²) in [6.45, 7) is 1.62. The maximum absolute atomic E-state index is 12.4. The second kappa shape index (κ2) is 7.36. The number of piperidine rings is 1. The number of likely N-dealkylation sites (tertiary alicyclic amines) is 1. The van der Waals surface area contributed by atoms with E-state index < -0.39 is 10.0 Å². The molecule has 1 N–H and O–H groups in total. The second-order valence-corrected chi connectivity index (χ2v) is 8.89. The molecule has 1 saturated heterocycles. The Bertz CT molecular complexity index is 794. The monoisotopic (exact) mass is 364 g/mol. The number of anilines is 1. The standard InChI is InChI=1S/C17H20N2O3S2/c20-16(19-11-5-2-6-12-19)13-15-9-10-17(23-15)24(21,22)18-14-7-3-1-4-8-14/h1,3-4,7-10,18H,2,5-6,11-13H2. The maximum Gasteiger partial charge on any atom is 0.271 e. The van der Waals surface area contributed by atoms with Crippen molar-refractivity contribution in [1.82, 2.24) is 4.90 Å². The van der Waals surface area contributed by atoms with E-state index in [1.165, 1.54) is 6.42 Å². The number of hydrogen-bond donors (Lipinski definition) is 1. The number of thiophene rings is 1. The van der Waals surface area contributed by atoms with Crippen LogP contribution >= 0.6 is 11.3 Å². The third kappa shape index (κ3) is 4.15. The van der Waals surface area contributed by atoms with Crippen LogP contribution in [0.2, 0.25) is 0 Å². The van der Waals surface area contributed by atoms with Crippen LogP contribution in [0.1, 0.15) is 24.1 Å². The highest BCUT2D eigenvalue weighted by atomic mass is 32.2. The van der Waals surface area contributed by atoms with Crippen LogP contribution in [0.5, 0.6) is 0 Å². The Labute approximate surface area is 146 Å². The Hall–Kier alpha value is -1.86. The first-order valence-corrected chi connectivity index (χ1v) is 10.3. The highest BCUT2D eigenvalue weighted by Gasteiger charge is 2.20. The van der Waals surface area contributed by atoms with Gasteiger partial charge in [0, 0.05) is 23.7 Å². The summed E-state index contributed by atoms with van der Waals surface area (Å²) in [6.07, 6.45) is 3.55. The zero-order chi connectivity index (χ0) is 17.0. The van der Waals surface area contributed by atoms with Gasteiger partial charge >= 0.3 is 0 Å². The predicted octanol–water partition coefficient (Wildman–Crippen LogP) is 3.10. The normalized spacial score (nSPS) is 15.2. The van der Waals surface area contributed by atoms with Crippen molar-refractivity contribution in [3.8, 4) is 0 Å². The van der Waals surface area contributed by atoms with Crippen LogP contribution in [0.4, 0.5) is 5.69 Å². The second-order valence-electron chi connectivity index (χ2n) is 5.81. The number of carbonyl (C=O) groups excluding carboxylic acids is 1. The molecule has 0 unspecified atom stereocenters. The molecular weight excluding hydrogens is 344 g/mol. The molecule has 2 heterocycles. The van der Waals surface area contributed by atoms with Crippen molar-refractivity contribution in [3.63, 3.8) is 0 Å². The van der Waals surface area contributed by atoms with E-state index in [0.29, 0.717) is 5.69 Å². The third-order valence-corrected chi connectivity index (χ3v) is 6.92. The topological polar surface area (TPSA) is 66.5 Å². The molecule has 1 amide bonds. The number of hydrogen-bond acceptors (Lipinski definition) is 4. The van der Waals surface area contributed by atoms with E-state index in [0.717, 1.165) is 42.1 Å². The molecule has 5 nitrogen and oxygen atoms in total. The van der Waals surface area contributed by atoms with Crippen molar-refractivity contribution >= 4 is 33.0 Å². The maximum atomic E-state index is 12.4. The number of nitrogens with zero attached hydrogens (tertiary/aromatic N) is 1. The van der Waals surface area contributed by atoms with E-state index in [1.54, 1.807) is 36.4 Å². The molecule has 24 heavy (non-hydrogen) atoms. The zero-order valence-corrected chi connectivity index (χ0v) is 14.9. The Morgan fingerprint density at radius 2 is 1.75 bits per heavy atom. The minimum Gasteiger partial charge on any atom is -0.342 e. The van der Waals surface area contributed by atoms with Gasteiger partial charge in [0.25, 0.3) is 10.0 Å². The Balaban J connectivity index is 1.67. The summed E-state index contributed by atoms with van der Waals surface area (Å²) in [5.74, 6) is 0.0801. The van der Waals surface area contributed by atoms with E-state index >= 15 is 0 Å². The summed E-state index contributed by atoms with van der Waals surface area (Å²) in [5.41, 5.74) is 0.525. The molecule has 0 saturated carbocycles. The van der Waals surface area contributed by atoms with Crippen LogP contribution in [0, 0.1) is 0 Å². The van der Waals surface area contributed by atoms with Gasteiger partial charge < -0.3 is 4.90 Å². The van der Waals surface area contributed by atoms with Gasteiger partial charge in [0.1, 0.15) is 4.21 Å². The van der Waals surface area contributed by atoms with Gasteiger partial charge in [-0.25, -0.2) is 8.42 Å². The van der Waals surface area contributed by atoms with Crippen LogP contribution in [-0.4, -0.2) is 32.3 Å². The SMILES string of the molecule is O=C(Cc1ccc(S(=O)(=O)Nc2ccccc2)s1)N1CCCCC1. The van der Waals surface area contributed by atoms with Gasteiger partial charge in [0.05, 0.1) is 6.42 Å². The summed E-state index contributed by atoms with van der Waals surface area (Å²) in [4.78, 5) is 14.9. The molecule has 1 fully saturated rings. The number of rotatable bonds is 5. The third-order valence-electron chi connectivity index (χ3n) is 3.96.